The minimum absolute atomic E-state index is 0.202. The average Bonchev–Trinajstić information content (AvgIpc) is 2.72. The van der Waals surface area contributed by atoms with Crippen molar-refractivity contribution in [2.24, 2.45) is 5.73 Å². The third-order valence-electron chi connectivity index (χ3n) is 4.29. The average molecular weight is 391 g/mol. The van der Waals surface area contributed by atoms with Gasteiger partial charge in [0, 0.05) is 17.5 Å². The second kappa shape index (κ2) is 9.36. The minimum Gasteiger partial charge on any atom is -0.454 e. The van der Waals surface area contributed by atoms with E-state index in [1.54, 1.807) is 6.07 Å². The number of fused-ring (bicyclic) bond motifs is 1. The van der Waals surface area contributed by atoms with E-state index in [4.69, 9.17) is 10.5 Å². The van der Waals surface area contributed by atoms with Crippen molar-refractivity contribution in [1.82, 2.24) is 5.32 Å². The Kier molecular flexibility index (Phi) is 6.42. The molecule has 0 heterocycles. The van der Waals surface area contributed by atoms with Crippen molar-refractivity contribution in [2.75, 3.05) is 11.9 Å². The van der Waals surface area contributed by atoms with Crippen LogP contribution in [0.1, 0.15) is 5.56 Å². The van der Waals surface area contributed by atoms with Gasteiger partial charge in [0.1, 0.15) is 6.04 Å². The zero-order valence-corrected chi connectivity index (χ0v) is 15.6. The van der Waals surface area contributed by atoms with Crippen LogP contribution in [0.2, 0.25) is 0 Å². The van der Waals surface area contributed by atoms with Gasteiger partial charge in [0.05, 0.1) is 0 Å². The van der Waals surface area contributed by atoms with Crippen molar-refractivity contribution >= 4 is 34.4 Å². The SMILES string of the molecule is NC(=O)N[C@@H](Cc1ccccc1)C(=O)OCC(=O)Nc1cccc2ccccc12. The van der Waals surface area contributed by atoms with Gasteiger partial charge in [-0.1, -0.05) is 66.7 Å². The van der Waals surface area contributed by atoms with Crippen LogP contribution < -0.4 is 16.4 Å². The van der Waals surface area contributed by atoms with Crippen molar-refractivity contribution in [3.05, 3.63) is 78.4 Å². The molecule has 0 radical (unpaired) electrons. The normalized spacial score (nSPS) is 11.4. The van der Waals surface area contributed by atoms with Crippen LogP contribution in [0.5, 0.6) is 0 Å². The molecule has 3 aromatic carbocycles. The molecule has 7 heteroatoms. The largest absolute Gasteiger partial charge is 0.454 e. The number of nitrogens with one attached hydrogen (secondary N) is 2. The van der Waals surface area contributed by atoms with Crippen LogP contribution in [0.25, 0.3) is 10.8 Å². The highest BCUT2D eigenvalue weighted by atomic mass is 16.5. The summed E-state index contributed by atoms with van der Waals surface area (Å²) in [6, 6.07) is 20.4. The zero-order chi connectivity index (χ0) is 20.6. The highest BCUT2D eigenvalue weighted by Gasteiger charge is 2.23. The Morgan fingerprint density at radius 1 is 0.897 bits per heavy atom. The Hall–Kier alpha value is -3.87. The highest BCUT2D eigenvalue weighted by Crippen LogP contribution is 2.22. The Balaban J connectivity index is 1.61. The molecule has 0 aliphatic heterocycles. The van der Waals surface area contributed by atoms with E-state index in [9.17, 15) is 14.4 Å². The molecule has 0 unspecified atom stereocenters. The fourth-order valence-electron chi connectivity index (χ4n) is 2.97. The highest BCUT2D eigenvalue weighted by molar-refractivity contribution is 6.02. The molecule has 0 aliphatic carbocycles. The van der Waals surface area contributed by atoms with Crippen LogP contribution in [-0.2, 0) is 20.7 Å². The number of benzene rings is 3. The molecule has 3 aromatic rings. The molecule has 0 aliphatic rings. The van der Waals surface area contributed by atoms with Gasteiger partial charge in [-0.3, -0.25) is 4.79 Å². The molecule has 0 saturated heterocycles. The first kappa shape index (κ1) is 19.9. The van der Waals surface area contributed by atoms with Gasteiger partial charge >= 0.3 is 12.0 Å². The van der Waals surface area contributed by atoms with Crippen LogP contribution in [0, 0.1) is 0 Å². The fourth-order valence-corrected chi connectivity index (χ4v) is 2.97. The van der Waals surface area contributed by atoms with Gasteiger partial charge in [-0.25, -0.2) is 9.59 Å². The van der Waals surface area contributed by atoms with E-state index >= 15 is 0 Å². The first-order valence-electron chi connectivity index (χ1n) is 9.07. The summed E-state index contributed by atoms with van der Waals surface area (Å²) in [5.41, 5.74) is 6.61. The van der Waals surface area contributed by atoms with Gasteiger partial charge in [0.15, 0.2) is 6.61 Å². The van der Waals surface area contributed by atoms with Crippen molar-refractivity contribution < 1.29 is 19.1 Å². The number of anilines is 1. The predicted octanol–water partition coefficient (Wildman–Crippen LogP) is 2.60. The van der Waals surface area contributed by atoms with E-state index in [0.717, 1.165) is 16.3 Å². The number of urea groups is 1. The van der Waals surface area contributed by atoms with Crippen molar-refractivity contribution in [3.63, 3.8) is 0 Å². The van der Waals surface area contributed by atoms with Crippen LogP contribution in [-0.4, -0.2) is 30.6 Å². The molecule has 7 nitrogen and oxygen atoms in total. The molecule has 3 amide bonds. The Bertz CT molecular complexity index is 1020. The number of esters is 1. The van der Waals surface area contributed by atoms with Crippen molar-refractivity contribution in [2.45, 2.75) is 12.5 Å². The van der Waals surface area contributed by atoms with Crippen LogP contribution in [0.3, 0.4) is 0 Å². The van der Waals surface area contributed by atoms with E-state index in [-0.39, 0.29) is 6.42 Å². The number of amides is 3. The monoisotopic (exact) mass is 391 g/mol. The smallest absolute Gasteiger partial charge is 0.329 e. The lowest BCUT2D eigenvalue weighted by molar-refractivity contribution is -0.149. The Morgan fingerprint density at radius 2 is 1.59 bits per heavy atom. The summed E-state index contributed by atoms with van der Waals surface area (Å²) < 4.78 is 5.10. The predicted molar refractivity (Wildman–Crippen MR) is 110 cm³/mol. The molecule has 0 spiro atoms. The molecule has 3 rings (SSSR count). The standard InChI is InChI=1S/C22H21N3O4/c23-22(28)25-19(13-15-7-2-1-3-8-15)21(27)29-14-20(26)24-18-12-6-10-16-9-4-5-11-17(16)18/h1-12,19H,13-14H2,(H,24,26)(H3,23,25,28)/t19-/m0/s1. The van der Waals surface area contributed by atoms with E-state index in [1.807, 2.05) is 66.7 Å². The summed E-state index contributed by atoms with van der Waals surface area (Å²) in [6.07, 6.45) is 0.202. The number of primary amides is 1. The zero-order valence-electron chi connectivity index (χ0n) is 15.6. The van der Waals surface area contributed by atoms with Gasteiger partial charge in [0.2, 0.25) is 0 Å². The van der Waals surface area contributed by atoms with Gasteiger partial charge in [0.25, 0.3) is 5.91 Å². The molecule has 4 N–H and O–H groups in total. The topological polar surface area (TPSA) is 111 Å². The van der Waals surface area contributed by atoms with Gasteiger partial charge in [-0.05, 0) is 17.0 Å². The maximum absolute atomic E-state index is 12.4. The number of carbonyl (C=O) groups excluding carboxylic acids is 3. The third-order valence-corrected chi connectivity index (χ3v) is 4.29. The maximum atomic E-state index is 12.4. The molecule has 1 atom stereocenters. The number of rotatable bonds is 7. The third kappa shape index (κ3) is 5.55. The van der Waals surface area contributed by atoms with Gasteiger partial charge in [-0.2, -0.15) is 0 Å². The number of hydrogen-bond acceptors (Lipinski definition) is 4. The second-order valence-electron chi connectivity index (χ2n) is 6.43. The lowest BCUT2D eigenvalue weighted by Crippen LogP contribution is -2.46. The van der Waals surface area contributed by atoms with E-state index in [0.29, 0.717) is 5.69 Å². The van der Waals surface area contributed by atoms with Gasteiger partial charge < -0.3 is 21.1 Å². The second-order valence-corrected chi connectivity index (χ2v) is 6.43. The molecular weight excluding hydrogens is 370 g/mol. The Morgan fingerprint density at radius 3 is 2.34 bits per heavy atom. The van der Waals surface area contributed by atoms with Crippen LogP contribution in [0.4, 0.5) is 10.5 Å². The molecule has 0 aromatic heterocycles. The van der Waals surface area contributed by atoms with Crippen LogP contribution >= 0.6 is 0 Å². The summed E-state index contributed by atoms with van der Waals surface area (Å²) in [5, 5.41) is 6.96. The van der Waals surface area contributed by atoms with Gasteiger partial charge in [-0.15, -0.1) is 0 Å². The fraction of sp³-hybridized carbons (Fsp3) is 0.136. The molecule has 148 valence electrons. The lowest BCUT2D eigenvalue weighted by atomic mass is 10.1. The summed E-state index contributed by atoms with van der Waals surface area (Å²) in [6.45, 7) is -0.478. The van der Waals surface area contributed by atoms with Crippen LogP contribution in [0.15, 0.2) is 72.8 Å². The van der Waals surface area contributed by atoms with E-state index in [1.165, 1.54) is 0 Å². The van der Waals surface area contributed by atoms with E-state index in [2.05, 4.69) is 10.6 Å². The Labute approximate surface area is 167 Å². The number of ether oxygens (including phenoxy) is 1. The molecule has 29 heavy (non-hydrogen) atoms. The molecule has 0 saturated carbocycles. The minimum atomic E-state index is -0.986. The molecular formula is C22H21N3O4. The van der Waals surface area contributed by atoms with Crippen molar-refractivity contribution in [3.8, 4) is 0 Å². The summed E-state index contributed by atoms with van der Waals surface area (Å²) in [4.78, 5) is 35.9. The first-order chi connectivity index (χ1) is 14.0. The quantitative estimate of drug-likeness (QED) is 0.538. The number of carbonyl (C=O) groups is 3. The maximum Gasteiger partial charge on any atom is 0.329 e. The molecule has 0 bridgehead atoms. The summed E-state index contributed by atoms with van der Waals surface area (Å²) in [7, 11) is 0. The van der Waals surface area contributed by atoms with E-state index < -0.39 is 30.6 Å². The summed E-state index contributed by atoms with van der Waals surface area (Å²) in [5.74, 6) is -1.21. The van der Waals surface area contributed by atoms with Crippen molar-refractivity contribution in [1.29, 1.82) is 0 Å². The number of hydrogen-bond donors (Lipinski definition) is 3. The molecule has 0 fully saturated rings. The lowest BCUT2D eigenvalue weighted by Gasteiger charge is -2.16. The first-order valence-corrected chi connectivity index (χ1v) is 9.07. The summed E-state index contributed by atoms with van der Waals surface area (Å²) >= 11 is 0. The number of nitrogens with two attached hydrogens (primary N) is 1.